The number of rotatable bonds is 6. The van der Waals surface area contributed by atoms with Crippen molar-refractivity contribution in [2.45, 2.75) is 65.0 Å². The number of piperidine rings is 1. The zero-order valence-electron chi connectivity index (χ0n) is 18.3. The maximum absolute atomic E-state index is 13.2. The van der Waals surface area contributed by atoms with E-state index < -0.39 is 0 Å². The van der Waals surface area contributed by atoms with E-state index in [0.29, 0.717) is 18.7 Å². The molecule has 1 aromatic carbocycles. The van der Waals surface area contributed by atoms with Gasteiger partial charge >= 0.3 is 0 Å². The highest BCUT2D eigenvalue weighted by Crippen LogP contribution is 2.34. The Bertz CT molecular complexity index is 1080. The van der Waals surface area contributed by atoms with Crippen LogP contribution >= 0.6 is 11.3 Å². The molecule has 4 rings (SSSR count). The minimum Gasteiger partial charge on any atom is -0.351 e. The number of carbonyl (C=O) groups excluding carboxylic acids is 2. The third kappa shape index (κ3) is 4.51. The van der Waals surface area contributed by atoms with Crippen LogP contribution in [0.3, 0.4) is 0 Å². The number of amides is 2. The van der Waals surface area contributed by atoms with Crippen LogP contribution in [-0.4, -0.2) is 40.5 Å². The number of fused-ring (bicyclic) bond motifs is 1. The van der Waals surface area contributed by atoms with Crippen molar-refractivity contribution in [1.82, 2.24) is 15.4 Å². The molecule has 1 atom stereocenters. The molecule has 31 heavy (non-hydrogen) atoms. The predicted molar refractivity (Wildman–Crippen MR) is 123 cm³/mol. The maximum Gasteiger partial charge on any atom is 0.292 e. The van der Waals surface area contributed by atoms with E-state index in [2.05, 4.69) is 22.6 Å². The van der Waals surface area contributed by atoms with Crippen molar-refractivity contribution in [2.75, 3.05) is 6.54 Å². The number of nitrogens with one attached hydrogen (secondary N) is 1. The fourth-order valence-electron chi connectivity index (χ4n) is 4.25. The zero-order valence-corrected chi connectivity index (χ0v) is 19.1. The molecule has 2 aromatic heterocycles. The Balaban J connectivity index is 1.66. The number of benzene rings is 1. The number of hydrogen-bond donors (Lipinski definition) is 1. The number of carbonyl (C=O) groups is 2. The molecule has 0 bridgehead atoms. The summed E-state index contributed by atoms with van der Waals surface area (Å²) >= 11 is 1.53. The third-order valence-corrected chi connectivity index (χ3v) is 7.00. The van der Waals surface area contributed by atoms with Gasteiger partial charge in [0.15, 0.2) is 0 Å². The van der Waals surface area contributed by atoms with Crippen molar-refractivity contribution in [2.24, 2.45) is 0 Å². The van der Waals surface area contributed by atoms with Crippen LogP contribution in [0.2, 0.25) is 0 Å². The Labute approximate surface area is 186 Å². The predicted octanol–water partition coefficient (Wildman–Crippen LogP) is 4.83. The monoisotopic (exact) mass is 439 g/mol. The summed E-state index contributed by atoms with van der Waals surface area (Å²) in [5.74, 6) is 0.157. The second-order valence-corrected chi connectivity index (χ2v) is 9.47. The molecule has 7 heteroatoms. The number of thiophene rings is 1. The number of nitrogens with zero attached hydrogens (tertiary/aromatic N) is 2. The highest BCUT2D eigenvalue weighted by Gasteiger charge is 2.32. The molecule has 0 saturated carbocycles. The molecule has 0 spiro atoms. The number of hydrogen-bond acceptors (Lipinski definition) is 5. The van der Waals surface area contributed by atoms with Gasteiger partial charge in [0.1, 0.15) is 0 Å². The van der Waals surface area contributed by atoms with Crippen molar-refractivity contribution in [3.05, 3.63) is 52.2 Å². The summed E-state index contributed by atoms with van der Waals surface area (Å²) in [4.78, 5) is 28.8. The Morgan fingerprint density at radius 1 is 1.29 bits per heavy atom. The smallest absolute Gasteiger partial charge is 0.292 e. The van der Waals surface area contributed by atoms with Crippen molar-refractivity contribution in [1.29, 1.82) is 0 Å². The van der Waals surface area contributed by atoms with Gasteiger partial charge in [-0.15, -0.1) is 11.3 Å². The molecule has 3 aromatic rings. The van der Waals surface area contributed by atoms with Gasteiger partial charge in [0.2, 0.25) is 5.76 Å². The average molecular weight is 440 g/mol. The molecule has 2 amide bonds. The van der Waals surface area contributed by atoms with E-state index >= 15 is 0 Å². The fourth-order valence-corrected chi connectivity index (χ4v) is 5.38. The van der Waals surface area contributed by atoms with Gasteiger partial charge in [-0.1, -0.05) is 30.3 Å². The first-order valence-corrected chi connectivity index (χ1v) is 11.9. The van der Waals surface area contributed by atoms with Gasteiger partial charge in [0.25, 0.3) is 11.8 Å². The maximum atomic E-state index is 13.2. The first-order valence-electron chi connectivity index (χ1n) is 11.1. The van der Waals surface area contributed by atoms with Gasteiger partial charge in [-0.2, -0.15) is 0 Å². The number of aryl methyl sites for hydroxylation is 1. The molecule has 164 valence electrons. The fraction of sp³-hybridized carbons (Fsp3) is 0.458. The first-order chi connectivity index (χ1) is 15.0. The molecule has 0 unspecified atom stereocenters. The Hall–Kier alpha value is -2.67. The van der Waals surface area contributed by atoms with Crippen LogP contribution in [-0.2, 0) is 12.8 Å². The summed E-state index contributed by atoms with van der Waals surface area (Å²) < 4.78 is 6.43. The van der Waals surface area contributed by atoms with Crippen molar-refractivity contribution >= 4 is 33.2 Å². The van der Waals surface area contributed by atoms with Crippen molar-refractivity contribution < 1.29 is 14.1 Å². The van der Waals surface area contributed by atoms with E-state index in [1.807, 2.05) is 37.8 Å². The van der Waals surface area contributed by atoms with E-state index in [9.17, 15) is 9.59 Å². The average Bonchev–Trinajstić information content (AvgIpc) is 3.38. The van der Waals surface area contributed by atoms with E-state index in [1.165, 1.54) is 11.3 Å². The SMILES string of the molecule is CCc1cc(C(=O)N2CCCC[C@@H]2Cc2c(C(=O)NC(C)C)sc3ccccc23)on1. The summed E-state index contributed by atoms with van der Waals surface area (Å²) in [6.45, 7) is 6.62. The summed E-state index contributed by atoms with van der Waals surface area (Å²) in [6, 6.07) is 9.98. The van der Waals surface area contributed by atoms with Crippen LogP contribution in [0.25, 0.3) is 10.1 Å². The summed E-state index contributed by atoms with van der Waals surface area (Å²) in [6.07, 6.45) is 4.35. The van der Waals surface area contributed by atoms with Crippen LogP contribution in [0.5, 0.6) is 0 Å². The lowest BCUT2D eigenvalue weighted by atomic mass is 9.93. The van der Waals surface area contributed by atoms with Crippen LogP contribution in [0.15, 0.2) is 34.9 Å². The standard InChI is InChI=1S/C24H29N3O3S/c1-4-16-13-20(30-26-16)24(29)27-12-8-7-9-17(27)14-19-18-10-5-6-11-21(18)31-22(19)23(28)25-15(2)3/h5-6,10-11,13,15,17H,4,7-9,12,14H2,1-3H3,(H,25,28)/t17-/m1/s1. The molecule has 0 radical (unpaired) electrons. The topological polar surface area (TPSA) is 75.4 Å². The van der Waals surface area contributed by atoms with Crippen molar-refractivity contribution in [3.8, 4) is 0 Å². The number of aromatic nitrogens is 1. The van der Waals surface area contributed by atoms with E-state index in [-0.39, 0.29) is 23.9 Å². The summed E-state index contributed by atoms with van der Waals surface area (Å²) in [5, 5.41) is 8.12. The first kappa shape index (κ1) is 21.6. The van der Waals surface area contributed by atoms with Gasteiger partial charge in [-0.25, -0.2) is 0 Å². The van der Waals surface area contributed by atoms with Gasteiger partial charge in [-0.3, -0.25) is 9.59 Å². The van der Waals surface area contributed by atoms with Gasteiger partial charge in [0, 0.05) is 29.4 Å². The lowest BCUT2D eigenvalue weighted by Crippen LogP contribution is -2.45. The molecular formula is C24H29N3O3S. The van der Waals surface area contributed by atoms with Gasteiger partial charge < -0.3 is 14.7 Å². The molecule has 1 N–H and O–H groups in total. The zero-order chi connectivity index (χ0) is 22.0. The van der Waals surface area contributed by atoms with Crippen molar-refractivity contribution in [3.63, 3.8) is 0 Å². The van der Waals surface area contributed by atoms with E-state index in [4.69, 9.17) is 4.52 Å². The van der Waals surface area contributed by atoms with E-state index in [1.54, 1.807) is 6.07 Å². The minimum atomic E-state index is -0.107. The highest BCUT2D eigenvalue weighted by atomic mass is 32.1. The second-order valence-electron chi connectivity index (χ2n) is 8.42. The normalized spacial score (nSPS) is 16.8. The molecule has 6 nitrogen and oxygen atoms in total. The Morgan fingerprint density at radius 2 is 2.10 bits per heavy atom. The highest BCUT2D eigenvalue weighted by molar-refractivity contribution is 7.21. The van der Waals surface area contributed by atoms with Gasteiger partial charge in [0.05, 0.1) is 10.6 Å². The molecule has 1 fully saturated rings. The quantitative estimate of drug-likeness (QED) is 0.597. The van der Waals surface area contributed by atoms with E-state index in [0.717, 1.165) is 51.9 Å². The molecule has 0 aliphatic carbocycles. The lowest BCUT2D eigenvalue weighted by molar-refractivity contribution is 0.0571. The largest absolute Gasteiger partial charge is 0.351 e. The molecule has 1 saturated heterocycles. The lowest BCUT2D eigenvalue weighted by Gasteiger charge is -2.35. The molecular weight excluding hydrogens is 410 g/mol. The molecule has 1 aliphatic rings. The minimum absolute atomic E-state index is 0.0278. The third-order valence-electron chi connectivity index (χ3n) is 5.78. The summed E-state index contributed by atoms with van der Waals surface area (Å²) in [7, 11) is 0. The Morgan fingerprint density at radius 3 is 2.84 bits per heavy atom. The van der Waals surface area contributed by atoms with Crippen LogP contribution in [0.4, 0.5) is 0 Å². The second kappa shape index (κ2) is 9.22. The molecule has 1 aliphatic heterocycles. The van der Waals surface area contributed by atoms with Crippen LogP contribution < -0.4 is 5.32 Å². The van der Waals surface area contributed by atoms with Crippen LogP contribution in [0.1, 0.15) is 71.5 Å². The molecule has 3 heterocycles. The number of likely N-dealkylation sites (tertiary alicyclic amines) is 1. The van der Waals surface area contributed by atoms with Crippen LogP contribution in [0, 0.1) is 0 Å². The van der Waals surface area contributed by atoms with Gasteiger partial charge in [-0.05, 0) is 63.0 Å². The summed E-state index contributed by atoms with van der Waals surface area (Å²) in [5.41, 5.74) is 1.82. The Kier molecular flexibility index (Phi) is 6.41.